The maximum absolute atomic E-state index is 11.1. The van der Waals surface area contributed by atoms with E-state index in [1.54, 1.807) is 11.8 Å². The highest BCUT2D eigenvalue weighted by Crippen LogP contribution is 2.21. The standard InChI is InChI=1S/C14H15ClN2O2/c1-10-5-3-4-6-11(10)7-17-14(15)12(8-18)13(16-17)9-19-2/h3-6,8H,7,9H2,1-2H3. The second-order valence-corrected chi connectivity index (χ2v) is 4.64. The fraction of sp³-hybridized carbons (Fsp3) is 0.286. The quantitative estimate of drug-likeness (QED) is 0.790. The molecule has 0 aliphatic carbocycles. The number of carbonyl (C=O) groups is 1. The SMILES string of the molecule is COCc1nn(Cc2ccccc2C)c(Cl)c1C=O. The van der Waals surface area contributed by atoms with E-state index in [1.165, 1.54) is 0 Å². The van der Waals surface area contributed by atoms with Crippen LogP contribution in [0.5, 0.6) is 0 Å². The normalized spacial score (nSPS) is 10.7. The van der Waals surface area contributed by atoms with Gasteiger partial charge in [0.25, 0.3) is 0 Å². The number of benzene rings is 1. The van der Waals surface area contributed by atoms with E-state index in [-0.39, 0.29) is 6.61 Å². The summed E-state index contributed by atoms with van der Waals surface area (Å²) in [5.74, 6) is 0. The Labute approximate surface area is 116 Å². The zero-order valence-corrected chi connectivity index (χ0v) is 11.6. The van der Waals surface area contributed by atoms with Crippen molar-refractivity contribution in [1.29, 1.82) is 0 Å². The molecule has 5 heteroatoms. The molecule has 0 bridgehead atoms. The number of halogens is 1. The summed E-state index contributed by atoms with van der Waals surface area (Å²) in [6.07, 6.45) is 0.720. The molecule has 0 aliphatic heterocycles. The van der Waals surface area contributed by atoms with Gasteiger partial charge in [-0.15, -0.1) is 0 Å². The van der Waals surface area contributed by atoms with E-state index in [4.69, 9.17) is 16.3 Å². The largest absolute Gasteiger partial charge is 0.378 e. The van der Waals surface area contributed by atoms with Gasteiger partial charge in [0, 0.05) is 7.11 Å². The molecule has 1 aromatic heterocycles. The van der Waals surface area contributed by atoms with Crippen LogP contribution in [0.25, 0.3) is 0 Å². The molecule has 2 rings (SSSR count). The van der Waals surface area contributed by atoms with E-state index in [0.29, 0.717) is 23.0 Å². The maximum atomic E-state index is 11.1. The van der Waals surface area contributed by atoms with Gasteiger partial charge in [0.1, 0.15) is 10.8 Å². The van der Waals surface area contributed by atoms with Crippen molar-refractivity contribution in [2.75, 3.05) is 7.11 Å². The summed E-state index contributed by atoms with van der Waals surface area (Å²) >= 11 is 6.18. The molecule has 0 saturated carbocycles. The lowest BCUT2D eigenvalue weighted by atomic mass is 10.1. The number of methoxy groups -OCH3 is 1. The van der Waals surface area contributed by atoms with Crippen LogP contribution in [0.3, 0.4) is 0 Å². The summed E-state index contributed by atoms with van der Waals surface area (Å²) in [4.78, 5) is 11.1. The Hall–Kier alpha value is -1.65. The van der Waals surface area contributed by atoms with Crippen LogP contribution in [0.1, 0.15) is 27.2 Å². The third-order valence-electron chi connectivity index (χ3n) is 2.98. The number of aldehydes is 1. The molecule has 0 amide bonds. The van der Waals surface area contributed by atoms with Crippen LogP contribution in [0, 0.1) is 6.92 Å². The summed E-state index contributed by atoms with van der Waals surface area (Å²) in [7, 11) is 1.56. The van der Waals surface area contributed by atoms with Gasteiger partial charge in [-0.1, -0.05) is 35.9 Å². The predicted molar refractivity (Wildman–Crippen MR) is 73.6 cm³/mol. The van der Waals surface area contributed by atoms with E-state index >= 15 is 0 Å². The Morgan fingerprint density at radius 3 is 2.79 bits per heavy atom. The third-order valence-corrected chi connectivity index (χ3v) is 3.38. The second kappa shape index (κ2) is 5.99. The summed E-state index contributed by atoms with van der Waals surface area (Å²) < 4.78 is 6.65. The Bertz CT molecular complexity index is 593. The molecular formula is C14H15ClN2O2. The van der Waals surface area contributed by atoms with Crippen LogP contribution < -0.4 is 0 Å². The molecule has 0 spiro atoms. The highest BCUT2D eigenvalue weighted by Gasteiger charge is 2.16. The van der Waals surface area contributed by atoms with Gasteiger partial charge in [0.15, 0.2) is 6.29 Å². The molecule has 0 aliphatic rings. The van der Waals surface area contributed by atoms with Crippen molar-refractivity contribution in [2.45, 2.75) is 20.1 Å². The van der Waals surface area contributed by atoms with E-state index in [0.717, 1.165) is 17.4 Å². The lowest BCUT2D eigenvalue weighted by Gasteiger charge is -2.06. The topological polar surface area (TPSA) is 44.1 Å². The average Bonchev–Trinajstić information content (AvgIpc) is 2.69. The van der Waals surface area contributed by atoms with Gasteiger partial charge in [-0.25, -0.2) is 4.68 Å². The summed E-state index contributed by atoms with van der Waals surface area (Å²) in [5.41, 5.74) is 3.25. The second-order valence-electron chi connectivity index (χ2n) is 4.29. The monoisotopic (exact) mass is 278 g/mol. The van der Waals surface area contributed by atoms with Crippen LogP contribution in [0.2, 0.25) is 5.15 Å². The fourth-order valence-electron chi connectivity index (χ4n) is 1.92. The number of hydrogen-bond acceptors (Lipinski definition) is 3. The van der Waals surface area contributed by atoms with Crippen molar-refractivity contribution in [3.8, 4) is 0 Å². The third kappa shape index (κ3) is 2.85. The number of aryl methyl sites for hydroxylation is 1. The number of rotatable bonds is 5. The van der Waals surface area contributed by atoms with Gasteiger partial charge in [0.05, 0.1) is 18.7 Å². The molecule has 4 nitrogen and oxygen atoms in total. The summed E-state index contributed by atoms with van der Waals surface area (Å²) in [5, 5.41) is 4.69. The number of carbonyl (C=O) groups excluding carboxylic acids is 1. The van der Waals surface area contributed by atoms with Crippen LogP contribution in [0.15, 0.2) is 24.3 Å². The number of hydrogen-bond donors (Lipinski definition) is 0. The minimum Gasteiger partial charge on any atom is -0.378 e. The van der Waals surface area contributed by atoms with Crippen molar-refractivity contribution in [2.24, 2.45) is 0 Å². The Kier molecular flexibility index (Phi) is 4.35. The van der Waals surface area contributed by atoms with Crippen molar-refractivity contribution in [3.63, 3.8) is 0 Å². The van der Waals surface area contributed by atoms with Gasteiger partial charge in [-0.3, -0.25) is 4.79 Å². The van der Waals surface area contributed by atoms with Crippen molar-refractivity contribution in [1.82, 2.24) is 9.78 Å². The molecule has 0 atom stereocenters. The molecule has 0 N–H and O–H groups in total. The zero-order valence-electron chi connectivity index (χ0n) is 10.9. The van der Waals surface area contributed by atoms with Crippen molar-refractivity contribution < 1.29 is 9.53 Å². The minimum absolute atomic E-state index is 0.272. The van der Waals surface area contributed by atoms with Crippen LogP contribution in [-0.2, 0) is 17.9 Å². The maximum Gasteiger partial charge on any atom is 0.155 e. The Morgan fingerprint density at radius 1 is 1.42 bits per heavy atom. The van der Waals surface area contributed by atoms with Crippen LogP contribution >= 0.6 is 11.6 Å². The molecule has 0 unspecified atom stereocenters. The fourth-order valence-corrected chi connectivity index (χ4v) is 2.17. The molecule has 19 heavy (non-hydrogen) atoms. The number of nitrogens with zero attached hydrogens (tertiary/aromatic N) is 2. The van der Waals surface area contributed by atoms with Gasteiger partial charge in [-0.05, 0) is 18.1 Å². The van der Waals surface area contributed by atoms with Crippen molar-refractivity contribution in [3.05, 3.63) is 51.8 Å². The van der Waals surface area contributed by atoms with Crippen LogP contribution in [0.4, 0.5) is 0 Å². The van der Waals surface area contributed by atoms with E-state index in [9.17, 15) is 4.79 Å². The highest BCUT2D eigenvalue weighted by molar-refractivity contribution is 6.32. The number of aromatic nitrogens is 2. The Morgan fingerprint density at radius 2 is 2.16 bits per heavy atom. The van der Waals surface area contributed by atoms with Crippen LogP contribution in [-0.4, -0.2) is 23.2 Å². The molecule has 2 aromatic rings. The molecule has 1 heterocycles. The molecule has 0 fully saturated rings. The first-order valence-corrected chi connectivity index (χ1v) is 6.29. The highest BCUT2D eigenvalue weighted by atomic mass is 35.5. The lowest BCUT2D eigenvalue weighted by Crippen LogP contribution is -2.04. The van der Waals surface area contributed by atoms with Crippen molar-refractivity contribution >= 4 is 17.9 Å². The summed E-state index contributed by atoms with van der Waals surface area (Å²) in [6.45, 7) is 2.84. The predicted octanol–water partition coefficient (Wildman–Crippen LogP) is 2.85. The Balaban J connectivity index is 2.36. The first kappa shape index (κ1) is 13.8. The van der Waals surface area contributed by atoms with E-state index < -0.39 is 0 Å². The van der Waals surface area contributed by atoms with E-state index in [2.05, 4.69) is 5.10 Å². The first-order chi connectivity index (χ1) is 9.17. The van der Waals surface area contributed by atoms with Gasteiger partial charge in [-0.2, -0.15) is 5.10 Å². The first-order valence-electron chi connectivity index (χ1n) is 5.91. The lowest BCUT2D eigenvalue weighted by molar-refractivity contribution is 0.111. The van der Waals surface area contributed by atoms with Gasteiger partial charge >= 0.3 is 0 Å². The molecule has 0 saturated heterocycles. The minimum atomic E-state index is 0.272. The summed E-state index contributed by atoms with van der Waals surface area (Å²) in [6, 6.07) is 8.00. The zero-order chi connectivity index (χ0) is 13.8. The number of ether oxygens (including phenoxy) is 1. The smallest absolute Gasteiger partial charge is 0.155 e. The molecule has 1 aromatic carbocycles. The van der Waals surface area contributed by atoms with E-state index in [1.807, 2.05) is 31.2 Å². The molecule has 100 valence electrons. The van der Waals surface area contributed by atoms with Gasteiger partial charge < -0.3 is 4.74 Å². The molecule has 0 radical (unpaired) electrons. The molecular weight excluding hydrogens is 264 g/mol. The average molecular weight is 279 g/mol. The van der Waals surface area contributed by atoms with Gasteiger partial charge in [0.2, 0.25) is 0 Å².